The van der Waals surface area contributed by atoms with Crippen molar-refractivity contribution in [3.8, 4) is 0 Å². The Labute approximate surface area is 108 Å². The monoisotopic (exact) mass is 302 g/mol. The third kappa shape index (κ3) is 2.64. The standard InChI is InChI=1S/C11H15BrN2OS/c1-13-7-11(2-3-11)10(15)14-5-9-4-8(12)6-16-9/h4,6,13H,2-3,5,7H2,1H3,(H,14,15). The lowest BCUT2D eigenvalue weighted by molar-refractivity contribution is -0.126. The van der Waals surface area contributed by atoms with E-state index >= 15 is 0 Å². The molecule has 0 radical (unpaired) electrons. The fourth-order valence-corrected chi connectivity index (χ4v) is 3.17. The van der Waals surface area contributed by atoms with E-state index in [0.717, 1.165) is 23.9 Å². The number of nitrogens with one attached hydrogen (secondary N) is 2. The van der Waals surface area contributed by atoms with Crippen LogP contribution in [-0.4, -0.2) is 19.5 Å². The SMILES string of the molecule is CNCC1(C(=O)NCc2cc(Br)cs2)CC1. The minimum Gasteiger partial charge on any atom is -0.351 e. The van der Waals surface area contributed by atoms with Gasteiger partial charge >= 0.3 is 0 Å². The molecule has 2 N–H and O–H groups in total. The van der Waals surface area contributed by atoms with E-state index in [1.165, 1.54) is 4.88 Å². The molecule has 1 aliphatic rings. The summed E-state index contributed by atoms with van der Waals surface area (Å²) in [6.45, 7) is 1.42. The van der Waals surface area contributed by atoms with Crippen LogP contribution in [0, 0.1) is 5.41 Å². The van der Waals surface area contributed by atoms with Gasteiger partial charge in [0.2, 0.25) is 5.91 Å². The van der Waals surface area contributed by atoms with Gasteiger partial charge in [-0.1, -0.05) is 0 Å². The maximum atomic E-state index is 11.9. The zero-order valence-corrected chi connectivity index (χ0v) is 11.6. The first-order valence-electron chi connectivity index (χ1n) is 5.32. The molecular weight excluding hydrogens is 288 g/mol. The second kappa shape index (κ2) is 4.85. The van der Waals surface area contributed by atoms with E-state index in [9.17, 15) is 4.79 Å². The zero-order valence-electron chi connectivity index (χ0n) is 9.18. The van der Waals surface area contributed by atoms with Gasteiger partial charge in [-0.25, -0.2) is 0 Å². The van der Waals surface area contributed by atoms with Gasteiger partial charge in [0.25, 0.3) is 0 Å². The molecule has 1 aliphatic carbocycles. The summed E-state index contributed by atoms with van der Waals surface area (Å²) >= 11 is 5.06. The van der Waals surface area contributed by atoms with E-state index in [2.05, 4.69) is 26.6 Å². The second-order valence-corrected chi connectivity index (χ2v) is 6.14. The molecular formula is C11H15BrN2OS. The molecule has 0 atom stereocenters. The molecule has 0 aliphatic heterocycles. The number of hydrogen-bond donors (Lipinski definition) is 2. The minimum absolute atomic E-state index is 0.122. The molecule has 0 spiro atoms. The first-order valence-corrected chi connectivity index (χ1v) is 6.99. The Hall–Kier alpha value is -0.390. The van der Waals surface area contributed by atoms with Crippen LogP contribution >= 0.6 is 27.3 Å². The zero-order chi connectivity index (χ0) is 11.6. The van der Waals surface area contributed by atoms with E-state index in [1.54, 1.807) is 11.3 Å². The third-order valence-electron chi connectivity index (χ3n) is 2.90. The van der Waals surface area contributed by atoms with E-state index in [-0.39, 0.29) is 11.3 Å². The van der Waals surface area contributed by atoms with Crippen molar-refractivity contribution in [1.82, 2.24) is 10.6 Å². The molecule has 1 aromatic rings. The molecule has 3 nitrogen and oxygen atoms in total. The molecule has 88 valence electrons. The van der Waals surface area contributed by atoms with Crippen molar-refractivity contribution in [2.75, 3.05) is 13.6 Å². The molecule has 16 heavy (non-hydrogen) atoms. The number of carbonyl (C=O) groups is 1. The normalized spacial score (nSPS) is 17.1. The summed E-state index contributed by atoms with van der Waals surface area (Å²) in [5.41, 5.74) is -0.122. The van der Waals surface area contributed by atoms with E-state index in [4.69, 9.17) is 0 Å². The van der Waals surface area contributed by atoms with Crippen LogP contribution in [0.2, 0.25) is 0 Å². The molecule has 5 heteroatoms. The Morgan fingerprint density at radius 3 is 2.88 bits per heavy atom. The number of rotatable bonds is 5. The van der Waals surface area contributed by atoms with Crippen molar-refractivity contribution < 1.29 is 4.79 Å². The number of halogens is 1. The van der Waals surface area contributed by atoms with Gasteiger partial charge in [0, 0.05) is 21.3 Å². The fourth-order valence-electron chi connectivity index (χ4n) is 1.77. The van der Waals surface area contributed by atoms with Gasteiger partial charge in [0.05, 0.1) is 12.0 Å². The Bertz CT molecular complexity index is 387. The van der Waals surface area contributed by atoms with Crippen LogP contribution in [0.25, 0.3) is 0 Å². The topological polar surface area (TPSA) is 41.1 Å². The summed E-state index contributed by atoms with van der Waals surface area (Å²) < 4.78 is 1.08. The maximum absolute atomic E-state index is 11.9. The highest BCUT2D eigenvalue weighted by atomic mass is 79.9. The van der Waals surface area contributed by atoms with E-state index in [0.29, 0.717) is 6.54 Å². The second-order valence-electron chi connectivity index (χ2n) is 4.22. The van der Waals surface area contributed by atoms with Crippen LogP contribution < -0.4 is 10.6 Å². The van der Waals surface area contributed by atoms with Crippen molar-refractivity contribution in [2.45, 2.75) is 19.4 Å². The summed E-state index contributed by atoms with van der Waals surface area (Å²) in [6, 6.07) is 2.04. The average Bonchev–Trinajstić information content (AvgIpc) is 2.92. The van der Waals surface area contributed by atoms with Crippen LogP contribution in [0.15, 0.2) is 15.9 Å². The van der Waals surface area contributed by atoms with Crippen LogP contribution in [0.4, 0.5) is 0 Å². The van der Waals surface area contributed by atoms with Crippen LogP contribution in [0.3, 0.4) is 0 Å². The third-order valence-corrected chi connectivity index (χ3v) is 4.59. The fraction of sp³-hybridized carbons (Fsp3) is 0.545. The lowest BCUT2D eigenvalue weighted by atomic mass is 10.1. The molecule has 0 aromatic carbocycles. The predicted octanol–water partition coefficient (Wildman–Crippen LogP) is 2.13. The summed E-state index contributed by atoms with van der Waals surface area (Å²) in [6.07, 6.45) is 2.02. The minimum atomic E-state index is -0.122. The van der Waals surface area contributed by atoms with Gasteiger partial charge in [-0.2, -0.15) is 0 Å². The van der Waals surface area contributed by atoms with Crippen molar-refractivity contribution in [3.63, 3.8) is 0 Å². The molecule has 1 amide bonds. The smallest absolute Gasteiger partial charge is 0.227 e. The summed E-state index contributed by atoms with van der Waals surface area (Å²) in [5.74, 6) is 0.186. The first-order chi connectivity index (χ1) is 7.66. The average molecular weight is 303 g/mol. The van der Waals surface area contributed by atoms with Gasteiger partial charge in [-0.05, 0) is 41.9 Å². The molecule has 0 bridgehead atoms. The molecule has 2 rings (SSSR count). The van der Waals surface area contributed by atoms with E-state index in [1.807, 2.05) is 18.5 Å². The summed E-state index contributed by atoms with van der Waals surface area (Å²) in [4.78, 5) is 13.1. The Kier molecular flexibility index (Phi) is 3.66. The Morgan fingerprint density at radius 2 is 2.38 bits per heavy atom. The van der Waals surface area contributed by atoms with Crippen molar-refractivity contribution in [3.05, 3.63) is 20.8 Å². The molecule has 1 saturated carbocycles. The molecule has 0 unspecified atom stereocenters. The summed E-state index contributed by atoms with van der Waals surface area (Å²) in [7, 11) is 1.89. The number of hydrogen-bond acceptors (Lipinski definition) is 3. The maximum Gasteiger partial charge on any atom is 0.227 e. The van der Waals surface area contributed by atoms with Gasteiger partial charge in [0.1, 0.15) is 0 Å². The number of amides is 1. The Balaban J connectivity index is 1.84. The number of thiophene rings is 1. The van der Waals surface area contributed by atoms with Crippen LogP contribution in [0.5, 0.6) is 0 Å². The van der Waals surface area contributed by atoms with Crippen LogP contribution in [-0.2, 0) is 11.3 Å². The predicted molar refractivity (Wildman–Crippen MR) is 69.5 cm³/mol. The quantitative estimate of drug-likeness (QED) is 0.875. The first kappa shape index (κ1) is 12.1. The van der Waals surface area contributed by atoms with E-state index < -0.39 is 0 Å². The number of carbonyl (C=O) groups excluding carboxylic acids is 1. The van der Waals surface area contributed by atoms with Gasteiger partial charge in [0.15, 0.2) is 0 Å². The van der Waals surface area contributed by atoms with Crippen molar-refractivity contribution in [2.24, 2.45) is 5.41 Å². The largest absolute Gasteiger partial charge is 0.351 e. The molecule has 0 saturated heterocycles. The van der Waals surface area contributed by atoms with Crippen LogP contribution in [0.1, 0.15) is 17.7 Å². The highest BCUT2D eigenvalue weighted by Crippen LogP contribution is 2.45. The van der Waals surface area contributed by atoms with Crippen molar-refractivity contribution >= 4 is 33.2 Å². The Morgan fingerprint density at radius 1 is 1.62 bits per heavy atom. The van der Waals surface area contributed by atoms with Gasteiger partial charge in [-0.15, -0.1) is 11.3 Å². The lowest BCUT2D eigenvalue weighted by Gasteiger charge is -2.13. The van der Waals surface area contributed by atoms with Gasteiger partial charge < -0.3 is 10.6 Å². The van der Waals surface area contributed by atoms with Crippen molar-refractivity contribution in [1.29, 1.82) is 0 Å². The summed E-state index contributed by atoms with van der Waals surface area (Å²) in [5, 5.41) is 8.13. The molecule has 1 heterocycles. The molecule has 1 fully saturated rings. The van der Waals surface area contributed by atoms with Gasteiger partial charge in [-0.3, -0.25) is 4.79 Å². The lowest BCUT2D eigenvalue weighted by Crippen LogP contribution is -2.37. The molecule has 1 aromatic heterocycles. The highest BCUT2D eigenvalue weighted by molar-refractivity contribution is 9.10. The highest BCUT2D eigenvalue weighted by Gasteiger charge is 2.48.